The van der Waals surface area contributed by atoms with Gasteiger partial charge in [0.25, 0.3) is 0 Å². The van der Waals surface area contributed by atoms with Gasteiger partial charge in [-0.05, 0) is 35.6 Å². The van der Waals surface area contributed by atoms with Gasteiger partial charge < -0.3 is 20.7 Å². The highest BCUT2D eigenvalue weighted by molar-refractivity contribution is 6.31. The molecule has 0 aliphatic carbocycles. The maximum absolute atomic E-state index is 15.6. The van der Waals surface area contributed by atoms with E-state index in [0.29, 0.717) is 0 Å². The van der Waals surface area contributed by atoms with Crippen molar-refractivity contribution >= 4 is 35.1 Å². The SMILES string of the molecule is CC(C)(CO)C[C@H]1N[C@H](C(=O)OC[C@@H](O)CC(N)=O)[C@@H](c2cccc(Cl)c2F)[C@]1(C#N)c1ccc(Cl)cc1F. The lowest BCUT2D eigenvalue weighted by atomic mass is 9.62. The number of benzene rings is 2. The fraction of sp³-hybridized carbons (Fsp3) is 0.444. The summed E-state index contributed by atoms with van der Waals surface area (Å²) in [6.45, 7) is 2.53. The molecule has 1 fully saturated rings. The molecule has 3 rings (SSSR count). The number of hydrogen-bond acceptors (Lipinski definition) is 7. The van der Waals surface area contributed by atoms with Gasteiger partial charge in [-0.1, -0.05) is 55.2 Å². The molecule has 1 heterocycles. The Balaban J connectivity index is 2.25. The molecule has 12 heteroatoms. The Morgan fingerprint density at radius 2 is 1.97 bits per heavy atom. The van der Waals surface area contributed by atoms with Gasteiger partial charge >= 0.3 is 5.97 Å². The molecule has 0 radical (unpaired) electrons. The predicted molar refractivity (Wildman–Crippen MR) is 140 cm³/mol. The first-order valence-electron chi connectivity index (χ1n) is 12.1. The number of aliphatic hydroxyl groups excluding tert-OH is 2. The quantitative estimate of drug-likeness (QED) is 0.314. The third-order valence-electron chi connectivity index (χ3n) is 6.93. The van der Waals surface area contributed by atoms with Crippen molar-refractivity contribution in [2.45, 2.75) is 56.2 Å². The van der Waals surface area contributed by atoms with Crippen LogP contribution in [0.15, 0.2) is 36.4 Å². The second-order valence-electron chi connectivity index (χ2n) is 10.4. The molecule has 2 aromatic rings. The molecule has 1 aliphatic heterocycles. The van der Waals surface area contributed by atoms with Crippen LogP contribution in [0.25, 0.3) is 0 Å². The summed E-state index contributed by atoms with van der Waals surface area (Å²) in [6, 6.07) is 7.51. The number of nitrogens with two attached hydrogens (primary N) is 1. The smallest absolute Gasteiger partial charge is 0.323 e. The standard InChI is InChI=1S/C27H29Cl2F2N3O5/c1-26(2,13-35)10-20-27(12-32,17-7-6-14(28)8-19(17)30)22(16-4-3-5-18(29)23(16)31)24(34-20)25(38)39-11-15(36)9-21(33)37/h3-8,15,20,22,24,34-36H,9-11,13H2,1-2H3,(H2,33,37)/t15-,20+,22+,24-,27+/m0/s1. The zero-order valence-corrected chi connectivity index (χ0v) is 22.8. The first-order valence-corrected chi connectivity index (χ1v) is 12.8. The minimum Gasteiger partial charge on any atom is -0.462 e. The number of esters is 1. The van der Waals surface area contributed by atoms with Gasteiger partial charge in [-0.25, -0.2) is 8.78 Å². The first-order chi connectivity index (χ1) is 18.3. The number of amides is 1. The van der Waals surface area contributed by atoms with Crippen LogP contribution in [0.3, 0.4) is 0 Å². The monoisotopic (exact) mass is 583 g/mol. The van der Waals surface area contributed by atoms with E-state index in [9.17, 15) is 25.1 Å². The van der Waals surface area contributed by atoms with E-state index in [-0.39, 0.29) is 34.2 Å². The van der Waals surface area contributed by atoms with Crippen molar-refractivity contribution in [1.29, 1.82) is 5.26 Å². The van der Waals surface area contributed by atoms with E-state index >= 15 is 8.78 Å². The van der Waals surface area contributed by atoms with Crippen LogP contribution >= 0.6 is 23.2 Å². The maximum atomic E-state index is 15.6. The van der Waals surface area contributed by atoms with Crippen LogP contribution in [-0.2, 0) is 19.7 Å². The van der Waals surface area contributed by atoms with Crippen LogP contribution in [0, 0.1) is 28.4 Å². The number of carbonyl (C=O) groups excluding carboxylic acids is 2. The van der Waals surface area contributed by atoms with E-state index in [2.05, 4.69) is 11.4 Å². The zero-order chi connectivity index (χ0) is 29.1. The van der Waals surface area contributed by atoms with E-state index in [1.807, 2.05) is 0 Å². The van der Waals surface area contributed by atoms with Crippen LogP contribution in [0.4, 0.5) is 8.78 Å². The number of rotatable bonds is 10. The molecule has 0 aromatic heterocycles. The summed E-state index contributed by atoms with van der Waals surface area (Å²) in [6.07, 6.45) is -1.80. The average molecular weight is 584 g/mol. The fourth-order valence-corrected chi connectivity index (χ4v) is 5.44. The van der Waals surface area contributed by atoms with E-state index < -0.39 is 71.5 Å². The van der Waals surface area contributed by atoms with E-state index in [0.717, 1.165) is 6.07 Å². The lowest BCUT2D eigenvalue weighted by molar-refractivity contribution is -0.150. The highest BCUT2D eigenvalue weighted by Crippen LogP contribution is 2.52. The molecule has 0 saturated carbocycles. The Labute approximate surface area is 234 Å². The van der Waals surface area contributed by atoms with Gasteiger partial charge in [-0.15, -0.1) is 0 Å². The van der Waals surface area contributed by atoms with Gasteiger partial charge in [0.1, 0.15) is 29.7 Å². The summed E-state index contributed by atoms with van der Waals surface area (Å²) in [5.41, 5.74) is 2.06. The van der Waals surface area contributed by atoms with Crippen LogP contribution in [0.1, 0.15) is 43.7 Å². The van der Waals surface area contributed by atoms with Crippen molar-refractivity contribution < 1.29 is 33.3 Å². The second-order valence-corrected chi connectivity index (χ2v) is 11.2. The number of hydrogen-bond donors (Lipinski definition) is 4. The molecule has 39 heavy (non-hydrogen) atoms. The molecule has 5 N–H and O–H groups in total. The Morgan fingerprint density at radius 1 is 1.28 bits per heavy atom. The maximum Gasteiger partial charge on any atom is 0.323 e. The van der Waals surface area contributed by atoms with Crippen molar-refractivity contribution in [3.63, 3.8) is 0 Å². The molecule has 0 unspecified atom stereocenters. The van der Waals surface area contributed by atoms with E-state index in [1.54, 1.807) is 13.8 Å². The van der Waals surface area contributed by atoms with Gasteiger partial charge in [0.2, 0.25) is 5.91 Å². The van der Waals surface area contributed by atoms with Crippen LogP contribution in [0.5, 0.6) is 0 Å². The Hall–Kier alpha value is -2.81. The van der Waals surface area contributed by atoms with Gasteiger partial charge in [-0.2, -0.15) is 5.26 Å². The minimum absolute atomic E-state index is 0.0614. The normalized spacial score (nSPS) is 23.7. The summed E-state index contributed by atoms with van der Waals surface area (Å²) in [5.74, 6) is -4.94. The molecular weight excluding hydrogens is 555 g/mol. The molecule has 2 aromatic carbocycles. The molecule has 0 spiro atoms. The molecule has 210 valence electrons. The largest absolute Gasteiger partial charge is 0.462 e. The lowest BCUT2D eigenvalue weighted by Gasteiger charge is -2.38. The van der Waals surface area contributed by atoms with Crippen molar-refractivity contribution in [3.05, 3.63) is 69.2 Å². The molecule has 1 saturated heterocycles. The highest BCUT2D eigenvalue weighted by atomic mass is 35.5. The minimum atomic E-state index is -1.91. The average Bonchev–Trinajstić information content (AvgIpc) is 3.17. The van der Waals surface area contributed by atoms with Crippen LogP contribution < -0.4 is 11.1 Å². The number of primary amides is 1. The Morgan fingerprint density at radius 3 is 2.56 bits per heavy atom. The number of ether oxygens (including phenoxy) is 1. The van der Waals surface area contributed by atoms with Gasteiger partial charge in [0.15, 0.2) is 0 Å². The molecular formula is C27H29Cl2F2N3O5. The van der Waals surface area contributed by atoms with Crippen molar-refractivity contribution in [1.82, 2.24) is 5.32 Å². The molecule has 1 amide bonds. The summed E-state index contributed by atoms with van der Waals surface area (Å²) >= 11 is 12.1. The second kappa shape index (κ2) is 12.1. The summed E-state index contributed by atoms with van der Waals surface area (Å²) in [4.78, 5) is 24.5. The zero-order valence-electron chi connectivity index (χ0n) is 21.3. The predicted octanol–water partition coefficient (Wildman–Crippen LogP) is 3.35. The van der Waals surface area contributed by atoms with E-state index in [1.165, 1.54) is 30.3 Å². The van der Waals surface area contributed by atoms with Crippen LogP contribution in [-0.4, -0.2) is 53.5 Å². The summed E-state index contributed by atoms with van der Waals surface area (Å²) in [7, 11) is 0. The topological polar surface area (TPSA) is 146 Å². The fourth-order valence-electron chi connectivity index (χ4n) is 5.10. The Kier molecular flexibility index (Phi) is 9.57. The summed E-state index contributed by atoms with van der Waals surface area (Å²) in [5, 5.41) is 33.5. The van der Waals surface area contributed by atoms with Gasteiger partial charge in [0.05, 0.1) is 23.6 Å². The van der Waals surface area contributed by atoms with Gasteiger partial charge in [0, 0.05) is 29.2 Å². The van der Waals surface area contributed by atoms with Crippen LogP contribution in [0.2, 0.25) is 10.0 Å². The number of halogens is 4. The first kappa shape index (κ1) is 30.7. The summed E-state index contributed by atoms with van der Waals surface area (Å²) < 4.78 is 36.4. The van der Waals surface area contributed by atoms with Crippen molar-refractivity contribution in [2.24, 2.45) is 11.1 Å². The molecule has 8 nitrogen and oxygen atoms in total. The highest BCUT2D eigenvalue weighted by Gasteiger charge is 2.61. The number of nitrogens with zero attached hydrogens (tertiary/aromatic N) is 1. The third kappa shape index (κ3) is 6.34. The Bertz CT molecular complexity index is 1290. The number of carbonyl (C=O) groups is 2. The number of aliphatic hydroxyl groups is 2. The molecule has 0 bridgehead atoms. The third-order valence-corrected chi connectivity index (χ3v) is 7.45. The lowest BCUT2D eigenvalue weighted by Crippen LogP contribution is -2.45. The van der Waals surface area contributed by atoms with Gasteiger partial charge in [-0.3, -0.25) is 14.9 Å². The molecule has 1 aliphatic rings. The molecule has 5 atom stereocenters. The number of nitrogens with one attached hydrogen (secondary N) is 1. The van der Waals surface area contributed by atoms with Crippen molar-refractivity contribution in [2.75, 3.05) is 13.2 Å². The number of nitriles is 1. The van der Waals surface area contributed by atoms with Crippen molar-refractivity contribution in [3.8, 4) is 6.07 Å². The van der Waals surface area contributed by atoms with E-state index in [4.69, 9.17) is 33.7 Å².